The van der Waals surface area contributed by atoms with Crippen molar-refractivity contribution in [2.75, 3.05) is 5.32 Å². The first-order valence-electron chi connectivity index (χ1n) is 7.04. The molecule has 0 aromatic heterocycles. The normalized spacial score (nSPS) is 10.9. The van der Waals surface area contributed by atoms with E-state index in [4.69, 9.17) is 16.3 Å². The highest BCUT2D eigenvalue weighted by atomic mass is 35.5. The molecule has 0 atom stereocenters. The first-order chi connectivity index (χ1) is 10.5. The molecule has 114 valence electrons. The fourth-order valence-electron chi connectivity index (χ4n) is 1.85. The minimum atomic E-state index is -0.197. The average molecular weight is 316 g/mol. The molecule has 0 heterocycles. The van der Waals surface area contributed by atoms with Crippen molar-refractivity contribution in [2.24, 2.45) is 0 Å². The third-order valence-electron chi connectivity index (χ3n) is 2.77. The quantitative estimate of drug-likeness (QED) is 0.806. The number of benzene rings is 2. The Morgan fingerprint density at radius 2 is 1.91 bits per heavy atom. The predicted octanol–water partition coefficient (Wildman–Crippen LogP) is 4.78. The van der Waals surface area contributed by atoms with Gasteiger partial charge < -0.3 is 10.1 Å². The maximum Gasteiger partial charge on any atom is 0.248 e. The van der Waals surface area contributed by atoms with Gasteiger partial charge in [-0.1, -0.05) is 23.7 Å². The molecular formula is C18H18ClNO2. The van der Waals surface area contributed by atoms with E-state index in [1.54, 1.807) is 30.3 Å². The van der Waals surface area contributed by atoms with E-state index in [0.29, 0.717) is 10.7 Å². The number of carbonyl (C=O) groups excluding carboxylic acids is 1. The monoisotopic (exact) mass is 315 g/mol. The number of amides is 1. The van der Waals surface area contributed by atoms with Crippen molar-refractivity contribution >= 4 is 29.3 Å². The van der Waals surface area contributed by atoms with Crippen molar-refractivity contribution in [2.45, 2.75) is 20.0 Å². The lowest BCUT2D eigenvalue weighted by atomic mass is 10.2. The van der Waals surface area contributed by atoms with Crippen molar-refractivity contribution in [1.82, 2.24) is 0 Å². The highest BCUT2D eigenvalue weighted by molar-refractivity contribution is 6.30. The van der Waals surface area contributed by atoms with Crippen molar-refractivity contribution in [3.05, 3.63) is 65.2 Å². The molecule has 0 aliphatic carbocycles. The molecule has 0 fully saturated rings. The van der Waals surface area contributed by atoms with Gasteiger partial charge in [-0.3, -0.25) is 4.79 Å². The molecule has 0 radical (unpaired) electrons. The summed E-state index contributed by atoms with van der Waals surface area (Å²) < 4.78 is 5.62. The van der Waals surface area contributed by atoms with Crippen molar-refractivity contribution in [3.8, 4) is 5.75 Å². The molecule has 0 saturated heterocycles. The molecule has 0 aliphatic rings. The van der Waals surface area contributed by atoms with Gasteiger partial charge in [0.05, 0.1) is 6.10 Å². The summed E-state index contributed by atoms with van der Waals surface area (Å²) in [6, 6.07) is 14.6. The van der Waals surface area contributed by atoms with Crippen LogP contribution in [0.3, 0.4) is 0 Å². The number of ether oxygens (including phenoxy) is 1. The molecule has 3 nitrogen and oxygen atoms in total. The molecule has 1 N–H and O–H groups in total. The Hall–Kier alpha value is -2.26. The van der Waals surface area contributed by atoms with Crippen LogP contribution in [0.1, 0.15) is 19.4 Å². The third-order valence-corrected chi connectivity index (χ3v) is 3.02. The Balaban J connectivity index is 1.98. The van der Waals surface area contributed by atoms with Gasteiger partial charge in [-0.2, -0.15) is 0 Å². The zero-order valence-electron chi connectivity index (χ0n) is 12.5. The Morgan fingerprint density at radius 1 is 1.18 bits per heavy atom. The topological polar surface area (TPSA) is 38.3 Å². The lowest BCUT2D eigenvalue weighted by molar-refractivity contribution is -0.111. The van der Waals surface area contributed by atoms with Crippen LogP contribution >= 0.6 is 11.6 Å². The molecule has 0 unspecified atom stereocenters. The van der Waals surface area contributed by atoms with Gasteiger partial charge in [0.1, 0.15) is 5.75 Å². The van der Waals surface area contributed by atoms with Crippen LogP contribution in [0.25, 0.3) is 6.08 Å². The van der Waals surface area contributed by atoms with E-state index in [-0.39, 0.29) is 12.0 Å². The fraction of sp³-hybridized carbons (Fsp3) is 0.167. The first-order valence-corrected chi connectivity index (χ1v) is 7.42. The minimum Gasteiger partial charge on any atom is -0.491 e. The Kier molecular flexibility index (Phi) is 5.61. The van der Waals surface area contributed by atoms with Gasteiger partial charge in [0, 0.05) is 16.8 Å². The van der Waals surface area contributed by atoms with Gasteiger partial charge in [-0.15, -0.1) is 0 Å². The number of rotatable bonds is 5. The molecule has 0 bridgehead atoms. The van der Waals surface area contributed by atoms with Crippen LogP contribution < -0.4 is 10.1 Å². The van der Waals surface area contributed by atoms with Crippen molar-refractivity contribution < 1.29 is 9.53 Å². The lowest BCUT2D eigenvalue weighted by Gasteiger charge is -2.09. The van der Waals surface area contributed by atoms with Crippen LogP contribution in [-0.4, -0.2) is 12.0 Å². The summed E-state index contributed by atoms with van der Waals surface area (Å²) in [5, 5.41) is 3.41. The minimum absolute atomic E-state index is 0.118. The van der Waals surface area contributed by atoms with E-state index in [9.17, 15) is 4.79 Å². The summed E-state index contributed by atoms with van der Waals surface area (Å²) in [5.74, 6) is 0.591. The van der Waals surface area contributed by atoms with E-state index < -0.39 is 0 Å². The summed E-state index contributed by atoms with van der Waals surface area (Å²) in [6.45, 7) is 3.95. The summed E-state index contributed by atoms with van der Waals surface area (Å²) in [4.78, 5) is 11.9. The number of hydrogen-bond donors (Lipinski definition) is 1. The second kappa shape index (κ2) is 7.66. The van der Waals surface area contributed by atoms with Crippen LogP contribution in [0.5, 0.6) is 5.75 Å². The van der Waals surface area contributed by atoms with Gasteiger partial charge >= 0.3 is 0 Å². The highest BCUT2D eigenvalue weighted by Gasteiger charge is 2.00. The Morgan fingerprint density at radius 3 is 2.59 bits per heavy atom. The first kappa shape index (κ1) is 16.1. The van der Waals surface area contributed by atoms with Crippen molar-refractivity contribution in [3.63, 3.8) is 0 Å². The Bertz CT molecular complexity index is 663. The van der Waals surface area contributed by atoms with Gasteiger partial charge in [-0.05, 0) is 61.9 Å². The molecular weight excluding hydrogens is 298 g/mol. The second-order valence-electron chi connectivity index (χ2n) is 5.07. The summed E-state index contributed by atoms with van der Waals surface area (Å²) in [5.41, 5.74) is 1.61. The molecule has 22 heavy (non-hydrogen) atoms. The number of halogens is 1. The lowest BCUT2D eigenvalue weighted by Crippen LogP contribution is -2.07. The van der Waals surface area contributed by atoms with Crippen LogP contribution in [0.4, 0.5) is 5.69 Å². The van der Waals surface area contributed by atoms with E-state index in [2.05, 4.69) is 5.32 Å². The van der Waals surface area contributed by atoms with Crippen LogP contribution in [-0.2, 0) is 4.79 Å². The van der Waals surface area contributed by atoms with Crippen LogP contribution in [0, 0.1) is 0 Å². The van der Waals surface area contributed by atoms with E-state index in [0.717, 1.165) is 11.3 Å². The molecule has 0 spiro atoms. The average Bonchev–Trinajstić information content (AvgIpc) is 2.47. The van der Waals surface area contributed by atoms with Crippen LogP contribution in [0.15, 0.2) is 54.6 Å². The van der Waals surface area contributed by atoms with E-state index in [1.807, 2.05) is 38.1 Å². The highest BCUT2D eigenvalue weighted by Crippen LogP contribution is 2.16. The Labute approximate surface area is 135 Å². The smallest absolute Gasteiger partial charge is 0.248 e. The van der Waals surface area contributed by atoms with Gasteiger partial charge in [0.2, 0.25) is 5.91 Å². The predicted molar refractivity (Wildman–Crippen MR) is 91.3 cm³/mol. The number of nitrogens with one attached hydrogen (secondary N) is 1. The van der Waals surface area contributed by atoms with Gasteiger partial charge in [0.25, 0.3) is 0 Å². The second-order valence-corrected chi connectivity index (χ2v) is 5.51. The zero-order chi connectivity index (χ0) is 15.9. The van der Waals surface area contributed by atoms with Gasteiger partial charge in [0.15, 0.2) is 0 Å². The SMILES string of the molecule is CC(C)Oc1cccc(/C=C/C(=O)Nc2ccc(Cl)cc2)c1. The molecule has 0 aliphatic heterocycles. The molecule has 1 amide bonds. The largest absolute Gasteiger partial charge is 0.491 e. The maximum absolute atomic E-state index is 11.9. The summed E-state index contributed by atoms with van der Waals surface area (Å²) >= 11 is 5.80. The molecule has 2 aromatic carbocycles. The number of hydrogen-bond acceptors (Lipinski definition) is 2. The summed E-state index contributed by atoms with van der Waals surface area (Å²) in [7, 11) is 0. The number of anilines is 1. The van der Waals surface area contributed by atoms with Crippen molar-refractivity contribution in [1.29, 1.82) is 0 Å². The maximum atomic E-state index is 11.9. The molecule has 4 heteroatoms. The van der Waals surface area contributed by atoms with Gasteiger partial charge in [-0.25, -0.2) is 0 Å². The molecule has 2 rings (SSSR count). The van der Waals surface area contributed by atoms with Crippen LogP contribution in [0.2, 0.25) is 5.02 Å². The van der Waals surface area contributed by atoms with E-state index in [1.165, 1.54) is 6.08 Å². The summed E-state index contributed by atoms with van der Waals surface area (Å²) in [6.07, 6.45) is 3.36. The fourth-order valence-corrected chi connectivity index (χ4v) is 1.98. The molecule has 2 aromatic rings. The number of carbonyl (C=O) groups is 1. The zero-order valence-corrected chi connectivity index (χ0v) is 13.3. The van der Waals surface area contributed by atoms with E-state index >= 15 is 0 Å². The third kappa shape index (κ3) is 5.26. The molecule has 0 saturated carbocycles. The standard InChI is InChI=1S/C18H18ClNO2/c1-13(2)22-17-5-3-4-14(12-17)6-11-18(21)20-16-9-7-15(19)8-10-16/h3-13H,1-2H3,(H,20,21)/b11-6+.